The molecule has 0 saturated carbocycles. The summed E-state index contributed by atoms with van der Waals surface area (Å²) in [6, 6.07) is 2.25. The lowest BCUT2D eigenvalue weighted by Crippen LogP contribution is -2.26. The van der Waals surface area contributed by atoms with Crippen LogP contribution in [0.2, 0.25) is 0 Å². The Labute approximate surface area is 111 Å². The Hall–Kier alpha value is -0.920. The van der Waals surface area contributed by atoms with Crippen molar-refractivity contribution in [2.45, 2.75) is 12.5 Å². The Kier molecular flexibility index (Phi) is 2.89. The number of nitrogens with two attached hydrogens (primary N) is 1. The van der Waals surface area contributed by atoms with E-state index >= 15 is 0 Å². The highest BCUT2D eigenvalue weighted by Gasteiger charge is 2.23. The number of anilines is 1. The minimum atomic E-state index is 0.241. The quantitative estimate of drug-likeness (QED) is 0.887. The van der Waals surface area contributed by atoms with E-state index in [1.165, 1.54) is 0 Å². The number of aromatic nitrogens is 3. The molecule has 0 aromatic carbocycles. The van der Waals surface area contributed by atoms with Crippen LogP contribution in [-0.2, 0) is 0 Å². The molecule has 0 aliphatic carbocycles. The number of aromatic amines is 1. The second-order valence-corrected chi connectivity index (χ2v) is 5.85. The van der Waals surface area contributed by atoms with Gasteiger partial charge in [-0.2, -0.15) is 4.98 Å². The van der Waals surface area contributed by atoms with E-state index < -0.39 is 0 Å². The van der Waals surface area contributed by atoms with Crippen molar-refractivity contribution < 1.29 is 0 Å². The van der Waals surface area contributed by atoms with E-state index in [0.29, 0.717) is 0 Å². The van der Waals surface area contributed by atoms with Crippen molar-refractivity contribution in [3.8, 4) is 10.7 Å². The molecule has 0 spiro atoms. The molecule has 90 valence electrons. The number of rotatable bonds is 2. The average molecular weight is 314 g/mol. The van der Waals surface area contributed by atoms with Crippen LogP contribution in [0.3, 0.4) is 0 Å². The van der Waals surface area contributed by atoms with Gasteiger partial charge in [0.2, 0.25) is 5.95 Å². The topological polar surface area (TPSA) is 70.8 Å². The third-order valence-electron chi connectivity index (χ3n) is 2.81. The summed E-state index contributed by atoms with van der Waals surface area (Å²) in [5.41, 5.74) is 5.88. The van der Waals surface area contributed by atoms with Crippen LogP contribution in [0.15, 0.2) is 15.9 Å². The van der Waals surface area contributed by atoms with Gasteiger partial charge >= 0.3 is 0 Å². The van der Waals surface area contributed by atoms with Gasteiger partial charge in [-0.05, 0) is 33.8 Å². The molecule has 5 nitrogen and oxygen atoms in total. The van der Waals surface area contributed by atoms with Crippen LogP contribution in [0, 0.1) is 0 Å². The van der Waals surface area contributed by atoms with Gasteiger partial charge in [0, 0.05) is 23.6 Å². The van der Waals surface area contributed by atoms with E-state index in [2.05, 4.69) is 36.0 Å². The molecule has 0 amide bonds. The second-order valence-electron chi connectivity index (χ2n) is 4.08. The number of halogens is 1. The number of hydrogen-bond acceptors (Lipinski definition) is 5. The number of H-pyrrole nitrogens is 1. The summed E-state index contributed by atoms with van der Waals surface area (Å²) >= 11 is 5.13. The maximum Gasteiger partial charge on any atom is 0.245 e. The number of nitrogens with zero attached hydrogens (tertiary/aromatic N) is 3. The minimum Gasteiger partial charge on any atom is -0.338 e. The molecule has 1 saturated heterocycles. The minimum absolute atomic E-state index is 0.241. The van der Waals surface area contributed by atoms with Gasteiger partial charge in [-0.3, -0.25) is 5.10 Å². The normalized spacial score (nSPS) is 20.1. The smallest absolute Gasteiger partial charge is 0.245 e. The molecule has 1 fully saturated rings. The SMILES string of the molecule is NC1CCN(c2n[nH]c(-c3sccc3Br)n2)C1. The monoisotopic (exact) mass is 313 g/mol. The zero-order chi connectivity index (χ0) is 11.8. The van der Waals surface area contributed by atoms with Gasteiger partial charge in [0.15, 0.2) is 5.82 Å². The van der Waals surface area contributed by atoms with Crippen LogP contribution in [0.25, 0.3) is 10.7 Å². The highest BCUT2D eigenvalue weighted by Crippen LogP contribution is 2.31. The summed E-state index contributed by atoms with van der Waals surface area (Å²) in [5.74, 6) is 1.55. The predicted molar refractivity (Wildman–Crippen MR) is 72.2 cm³/mol. The molecule has 2 aromatic heterocycles. The lowest BCUT2D eigenvalue weighted by atomic mass is 10.3. The first-order valence-corrected chi connectivity index (χ1v) is 7.07. The Bertz CT molecular complexity index is 522. The number of hydrogen-bond donors (Lipinski definition) is 2. The fourth-order valence-electron chi connectivity index (χ4n) is 1.93. The molecule has 3 rings (SSSR count). The van der Waals surface area contributed by atoms with Crippen LogP contribution in [-0.4, -0.2) is 34.3 Å². The van der Waals surface area contributed by atoms with Crippen LogP contribution >= 0.6 is 27.3 Å². The summed E-state index contributed by atoms with van der Waals surface area (Å²) in [4.78, 5) is 7.71. The average Bonchev–Trinajstić information content (AvgIpc) is 2.97. The van der Waals surface area contributed by atoms with E-state index in [1.54, 1.807) is 11.3 Å². The summed E-state index contributed by atoms with van der Waals surface area (Å²) in [6.45, 7) is 1.77. The van der Waals surface area contributed by atoms with Crippen molar-refractivity contribution >= 4 is 33.2 Å². The molecular formula is C10H12BrN5S. The summed E-state index contributed by atoms with van der Waals surface area (Å²) < 4.78 is 1.04. The molecule has 2 aromatic rings. The highest BCUT2D eigenvalue weighted by atomic mass is 79.9. The number of nitrogens with one attached hydrogen (secondary N) is 1. The fourth-order valence-corrected chi connectivity index (χ4v) is 3.43. The molecule has 1 aliphatic rings. The molecule has 7 heteroatoms. The Morgan fingerprint density at radius 3 is 3.12 bits per heavy atom. The van der Waals surface area contributed by atoms with E-state index in [1.807, 2.05) is 11.4 Å². The van der Waals surface area contributed by atoms with Crippen LogP contribution in [0.5, 0.6) is 0 Å². The predicted octanol–water partition coefficient (Wildman–Crippen LogP) is 1.83. The standard InChI is InChI=1S/C10H12BrN5S/c11-7-2-4-17-8(7)9-13-10(15-14-9)16-3-1-6(12)5-16/h2,4,6H,1,3,5,12H2,(H,13,14,15). The molecular weight excluding hydrogens is 302 g/mol. The lowest BCUT2D eigenvalue weighted by molar-refractivity contribution is 0.750. The van der Waals surface area contributed by atoms with E-state index in [0.717, 1.165) is 40.6 Å². The fraction of sp³-hybridized carbons (Fsp3) is 0.400. The Balaban J connectivity index is 1.86. The first-order valence-electron chi connectivity index (χ1n) is 5.40. The van der Waals surface area contributed by atoms with Crippen LogP contribution < -0.4 is 10.6 Å². The Morgan fingerprint density at radius 2 is 2.47 bits per heavy atom. The van der Waals surface area contributed by atoms with Crippen molar-refractivity contribution in [1.82, 2.24) is 15.2 Å². The van der Waals surface area contributed by atoms with Crippen LogP contribution in [0.4, 0.5) is 5.95 Å². The van der Waals surface area contributed by atoms with Crippen molar-refractivity contribution in [2.24, 2.45) is 5.73 Å². The molecule has 1 unspecified atom stereocenters. The molecule has 1 aliphatic heterocycles. The van der Waals surface area contributed by atoms with Crippen molar-refractivity contribution in [2.75, 3.05) is 18.0 Å². The second kappa shape index (κ2) is 4.40. The third-order valence-corrected chi connectivity index (χ3v) is 4.66. The van der Waals surface area contributed by atoms with Gasteiger partial charge < -0.3 is 10.6 Å². The van der Waals surface area contributed by atoms with Crippen molar-refractivity contribution in [1.29, 1.82) is 0 Å². The van der Waals surface area contributed by atoms with Gasteiger partial charge in [-0.25, -0.2) is 0 Å². The first-order chi connectivity index (χ1) is 8.24. The number of thiophene rings is 1. The Morgan fingerprint density at radius 1 is 1.59 bits per heavy atom. The zero-order valence-electron chi connectivity index (χ0n) is 9.06. The highest BCUT2D eigenvalue weighted by molar-refractivity contribution is 9.10. The summed E-state index contributed by atoms with van der Waals surface area (Å²) in [7, 11) is 0. The van der Waals surface area contributed by atoms with Gasteiger partial charge in [-0.1, -0.05) is 0 Å². The molecule has 0 radical (unpaired) electrons. The van der Waals surface area contributed by atoms with E-state index in [4.69, 9.17) is 5.73 Å². The lowest BCUT2D eigenvalue weighted by Gasteiger charge is -2.11. The zero-order valence-corrected chi connectivity index (χ0v) is 11.5. The summed E-state index contributed by atoms with van der Waals surface area (Å²) in [6.07, 6.45) is 1.01. The first kappa shape index (κ1) is 11.2. The van der Waals surface area contributed by atoms with Gasteiger partial charge in [-0.15, -0.1) is 16.4 Å². The van der Waals surface area contributed by atoms with Crippen molar-refractivity contribution in [3.05, 3.63) is 15.9 Å². The van der Waals surface area contributed by atoms with Gasteiger partial charge in [0.25, 0.3) is 0 Å². The molecule has 17 heavy (non-hydrogen) atoms. The van der Waals surface area contributed by atoms with Gasteiger partial charge in [0.1, 0.15) is 0 Å². The van der Waals surface area contributed by atoms with E-state index in [-0.39, 0.29) is 6.04 Å². The molecule has 3 heterocycles. The largest absolute Gasteiger partial charge is 0.338 e. The maximum absolute atomic E-state index is 5.88. The molecule has 1 atom stereocenters. The maximum atomic E-state index is 5.88. The molecule has 3 N–H and O–H groups in total. The third kappa shape index (κ3) is 2.10. The summed E-state index contributed by atoms with van der Waals surface area (Å²) in [5, 5.41) is 9.25. The van der Waals surface area contributed by atoms with Gasteiger partial charge in [0.05, 0.1) is 4.88 Å². The van der Waals surface area contributed by atoms with Crippen molar-refractivity contribution in [3.63, 3.8) is 0 Å². The van der Waals surface area contributed by atoms with Crippen LogP contribution in [0.1, 0.15) is 6.42 Å². The molecule has 0 bridgehead atoms. The van der Waals surface area contributed by atoms with E-state index in [9.17, 15) is 0 Å².